The minimum Gasteiger partial charge on any atom is -0.487 e. The summed E-state index contributed by atoms with van der Waals surface area (Å²) in [5.74, 6) is 0.665. The summed E-state index contributed by atoms with van der Waals surface area (Å²) in [5.41, 5.74) is 0.682. The van der Waals surface area contributed by atoms with Gasteiger partial charge in [-0.1, -0.05) is 36.5 Å². The van der Waals surface area contributed by atoms with Gasteiger partial charge < -0.3 is 4.74 Å². The number of thioether (sulfide) groups is 1. The lowest BCUT2D eigenvalue weighted by Gasteiger charge is -2.07. The van der Waals surface area contributed by atoms with Gasteiger partial charge in [-0.05, 0) is 18.4 Å². The molecule has 0 fully saturated rings. The number of amidine groups is 1. The van der Waals surface area contributed by atoms with Crippen LogP contribution in [0.4, 0.5) is 5.69 Å². The van der Waals surface area contributed by atoms with Crippen molar-refractivity contribution in [1.29, 1.82) is 5.26 Å². The minimum atomic E-state index is 0.423. The number of nitrogens with zero attached hydrogens (tertiary/aromatic N) is 2. The van der Waals surface area contributed by atoms with Crippen molar-refractivity contribution >= 4 is 22.6 Å². The van der Waals surface area contributed by atoms with Gasteiger partial charge >= 0.3 is 0 Å². The van der Waals surface area contributed by atoms with Crippen LogP contribution in [0.25, 0.3) is 0 Å². The van der Waals surface area contributed by atoms with Crippen molar-refractivity contribution < 1.29 is 4.74 Å². The van der Waals surface area contributed by atoms with Gasteiger partial charge in [-0.15, -0.1) is 0 Å². The molecule has 0 radical (unpaired) electrons. The fourth-order valence-electron chi connectivity index (χ4n) is 1.10. The molecule has 0 aliphatic carbocycles. The third-order valence-electron chi connectivity index (χ3n) is 1.80. The first kappa shape index (κ1) is 13.1. The molecule has 0 amide bonds. The van der Waals surface area contributed by atoms with Gasteiger partial charge in [0.1, 0.15) is 18.0 Å². The maximum absolute atomic E-state index is 8.56. The molecule has 0 aromatic heterocycles. The van der Waals surface area contributed by atoms with Crippen LogP contribution in [0.3, 0.4) is 0 Å². The average Bonchev–Trinajstić information content (AvgIpc) is 2.37. The Balaban J connectivity index is 2.96. The highest BCUT2D eigenvalue weighted by atomic mass is 32.2. The summed E-state index contributed by atoms with van der Waals surface area (Å²) in [7, 11) is 0. The molecule has 4 nitrogen and oxygen atoms in total. The first-order valence-electron chi connectivity index (χ1n) is 4.92. The van der Waals surface area contributed by atoms with Crippen LogP contribution in [-0.4, -0.2) is 18.0 Å². The van der Waals surface area contributed by atoms with E-state index in [4.69, 9.17) is 10.00 Å². The molecule has 1 rings (SSSR count). The van der Waals surface area contributed by atoms with Crippen LogP contribution >= 0.6 is 11.8 Å². The van der Waals surface area contributed by atoms with Crippen LogP contribution in [-0.2, 0) is 0 Å². The van der Waals surface area contributed by atoms with E-state index in [9.17, 15) is 0 Å². The molecule has 0 heterocycles. The highest BCUT2D eigenvalue weighted by Crippen LogP contribution is 2.27. The highest BCUT2D eigenvalue weighted by molar-refractivity contribution is 8.13. The third-order valence-corrected chi connectivity index (χ3v) is 2.38. The zero-order valence-corrected chi connectivity index (χ0v) is 10.3. The monoisotopic (exact) mass is 247 g/mol. The van der Waals surface area contributed by atoms with E-state index in [0.717, 1.165) is 0 Å². The van der Waals surface area contributed by atoms with E-state index in [2.05, 4.69) is 16.9 Å². The van der Waals surface area contributed by atoms with Gasteiger partial charge in [0, 0.05) is 0 Å². The molecule has 5 heteroatoms. The lowest BCUT2D eigenvalue weighted by atomic mass is 10.3. The standard InChI is InChI=1S/C12H13N3OS/c1-3-8-16-11-7-5-4-6-10(11)15-12(17-2)14-9-13/h3-7H,1,8H2,2H3,(H,14,15). The second-order valence-electron chi connectivity index (χ2n) is 2.93. The zero-order valence-electron chi connectivity index (χ0n) is 9.51. The summed E-state index contributed by atoms with van der Waals surface area (Å²) in [6.07, 6.45) is 5.36. The largest absolute Gasteiger partial charge is 0.487 e. The van der Waals surface area contributed by atoms with Crippen molar-refractivity contribution in [3.05, 3.63) is 36.9 Å². The number of rotatable bonds is 4. The third kappa shape index (κ3) is 4.21. The Morgan fingerprint density at radius 3 is 3.06 bits per heavy atom. The van der Waals surface area contributed by atoms with Gasteiger partial charge in [0.05, 0.1) is 0 Å². The molecule has 1 aromatic rings. The molecule has 17 heavy (non-hydrogen) atoms. The molecular formula is C12H13N3OS. The maximum Gasteiger partial charge on any atom is 0.183 e. The summed E-state index contributed by atoms with van der Waals surface area (Å²) in [4.78, 5) is 4.31. The van der Waals surface area contributed by atoms with Crippen molar-refractivity contribution in [2.24, 2.45) is 4.99 Å². The van der Waals surface area contributed by atoms with Crippen molar-refractivity contribution in [1.82, 2.24) is 5.32 Å². The van der Waals surface area contributed by atoms with Crippen molar-refractivity contribution in [3.63, 3.8) is 0 Å². The van der Waals surface area contributed by atoms with Gasteiger partial charge in [0.2, 0.25) is 0 Å². The second-order valence-corrected chi connectivity index (χ2v) is 3.72. The Morgan fingerprint density at radius 1 is 1.65 bits per heavy atom. The number of benzene rings is 1. The molecule has 0 spiro atoms. The van der Waals surface area contributed by atoms with Crippen LogP contribution in [0, 0.1) is 11.5 Å². The van der Waals surface area contributed by atoms with Crippen molar-refractivity contribution in [2.75, 3.05) is 12.9 Å². The van der Waals surface area contributed by atoms with E-state index in [-0.39, 0.29) is 0 Å². The van der Waals surface area contributed by atoms with E-state index in [1.54, 1.807) is 6.08 Å². The molecular weight excluding hydrogens is 234 g/mol. The molecule has 1 N–H and O–H groups in total. The molecule has 0 atom stereocenters. The van der Waals surface area contributed by atoms with Crippen molar-refractivity contribution in [2.45, 2.75) is 0 Å². The average molecular weight is 247 g/mol. The second kappa shape index (κ2) is 7.36. The predicted molar refractivity (Wildman–Crippen MR) is 71.5 cm³/mol. The first-order valence-corrected chi connectivity index (χ1v) is 6.14. The number of hydrogen-bond acceptors (Lipinski definition) is 4. The molecule has 0 bridgehead atoms. The Hall–Kier alpha value is -1.93. The molecule has 1 aromatic carbocycles. The Kier molecular flexibility index (Phi) is 5.69. The fraction of sp³-hybridized carbons (Fsp3) is 0.167. The first-order chi connectivity index (χ1) is 8.31. The lowest BCUT2D eigenvalue weighted by molar-refractivity contribution is 0.364. The van der Waals surface area contributed by atoms with E-state index in [1.165, 1.54) is 11.8 Å². The number of nitriles is 1. The Labute approximate surface area is 105 Å². The van der Waals surface area contributed by atoms with E-state index >= 15 is 0 Å². The lowest BCUT2D eigenvalue weighted by Crippen LogP contribution is -2.12. The quantitative estimate of drug-likeness (QED) is 0.292. The van der Waals surface area contributed by atoms with E-state index < -0.39 is 0 Å². The van der Waals surface area contributed by atoms with Gasteiger partial charge in [-0.2, -0.15) is 5.26 Å². The Bertz CT molecular complexity index is 451. The smallest absolute Gasteiger partial charge is 0.183 e. The van der Waals surface area contributed by atoms with E-state index in [1.807, 2.05) is 36.7 Å². The van der Waals surface area contributed by atoms with Gasteiger partial charge in [-0.25, -0.2) is 4.99 Å². The van der Waals surface area contributed by atoms with E-state index in [0.29, 0.717) is 23.2 Å². The summed E-state index contributed by atoms with van der Waals surface area (Å²) in [5, 5.41) is 11.6. The minimum absolute atomic E-state index is 0.423. The SMILES string of the molecule is C=CCOc1ccccc1N=C(NC#N)SC. The van der Waals surface area contributed by atoms with Crippen LogP contribution in [0.2, 0.25) is 0 Å². The molecule has 0 aliphatic rings. The topological polar surface area (TPSA) is 57.4 Å². The number of nitrogens with one attached hydrogen (secondary N) is 1. The summed E-state index contributed by atoms with van der Waals surface area (Å²) in [6, 6.07) is 7.39. The zero-order chi connectivity index (χ0) is 12.5. The summed E-state index contributed by atoms with van der Waals surface area (Å²) >= 11 is 1.36. The maximum atomic E-state index is 8.56. The fourth-order valence-corrected chi connectivity index (χ4v) is 1.44. The number of hydrogen-bond donors (Lipinski definition) is 1. The number of ether oxygens (including phenoxy) is 1. The summed E-state index contributed by atoms with van der Waals surface area (Å²) < 4.78 is 5.46. The number of para-hydroxylation sites is 2. The molecule has 0 aliphatic heterocycles. The van der Waals surface area contributed by atoms with Crippen LogP contribution in [0.5, 0.6) is 5.75 Å². The van der Waals surface area contributed by atoms with Gasteiger partial charge in [0.25, 0.3) is 0 Å². The normalized spacial score (nSPS) is 10.5. The number of aliphatic imine (C=N–C) groups is 1. The van der Waals surface area contributed by atoms with Crippen LogP contribution in [0.15, 0.2) is 41.9 Å². The molecule has 0 saturated heterocycles. The Morgan fingerprint density at radius 2 is 2.41 bits per heavy atom. The molecule has 0 unspecified atom stereocenters. The highest BCUT2D eigenvalue weighted by Gasteiger charge is 2.02. The summed E-state index contributed by atoms with van der Waals surface area (Å²) in [6.45, 7) is 4.02. The van der Waals surface area contributed by atoms with Crippen molar-refractivity contribution in [3.8, 4) is 11.9 Å². The van der Waals surface area contributed by atoms with Crippen LogP contribution in [0.1, 0.15) is 0 Å². The van der Waals surface area contributed by atoms with Gasteiger partial charge in [0.15, 0.2) is 11.4 Å². The molecule has 88 valence electrons. The van der Waals surface area contributed by atoms with Crippen LogP contribution < -0.4 is 10.1 Å². The predicted octanol–water partition coefficient (Wildman–Crippen LogP) is 2.67. The van der Waals surface area contributed by atoms with Gasteiger partial charge in [-0.3, -0.25) is 5.32 Å². The molecule has 0 saturated carbocycles.